The molecule has 10 heteroatoms. The van der Waals surface area contributed by atoms with Crippen molar-refractivity contribution in [3.05, 3.63) is 94.0 Å². The lowest BCUT2D eigenvalue weighted by Crippen LogP contribution is -2.33. The van der Waals surface area contributed by atoms with Crippen LogP contribution >= 0.6 is 0 Å². The number of methoxy groups -OCH3 is 1. The average molecular weight is 552 g/mol. The first-order valence-electron chi connectivity index (χ1n) is 12.6. The molecule has 204 valence electrons. The van der Waals surface area contributed by atoms with Crippen molar-refractivity contribution in [2.45, 2.75) is 55.9 Å². The Hall–Kier alpha value is -4.05. The van der Waals surface area contributed by atoms with Crippen LogP contribution < -0.4 is 10.3 Å². The highest BCUT2D eigenvalue weighted by molar-refractivity contribution is 7.91. The lowest BCUT2D eigenvalue weighted by molar-refractivity contribution is 0.394. The second kappa shape index (κ2) is 11.4. The minimum absolute atomic E-state index is 0.203. The first-order chi connectivity index (χ1) is 18.6. The van der Waals surface area contributed by atoms with Crippen molar-refractivity contribution in [3.63, 3.8) is 0 Å². The molecular weight excluding hydrogens is 521 g/mol. The molecule has 0 radical (unpaired) electrons. The number of para-hydroxylation sites is 1. The van der Waals surface area contributed by atoms with Gasteiger partial charge in [-0.2, -0.15) is 9.37 Å². The van der Waals surface area contributed by atoms with E-state index in [1.54, 1.807) is 44.2 Å². The van der Waals surface area contributed by atoms with Crippen molar-refractivity contribution in [2.24, 2.45) is 0 Å². The van der Waals surface area contributed by atoms with E-state index in [2.05, 4.69) is 9.97 Å². The zero-order valence-electron chi connectivity index (χ0n) is 22.2. The zero-order chi connectivity index (χ0) is 28.3. The highest BCUT2D eigenvalue weighted by Gasteiger charge is 2.31. The second-order valence-electron chi connectivity index (χ2n) is 9.18. The van der Waals surface area contributed by atoms with Crippen LogP contribution in [0.1, 0.15) is 49.7 Å². The van der Waals surface area contributed by atoms with Crippen LogP contribution in [0.5, 0.6) is 11.6 Å². The Morgan fingerprint density at radius 1 is 1.10 bits per heavy atom. The summed E-state index contributed by atoms with van der Waals surface area (Å²) >= 11 is 0. The van der Waals surface area contributed by atoms with E-state index in [0.29, 0.717) is 40.8 Å². The first-order valence-corrected chi connectivity index (χ1v) is 14.0. The van der Waals surface area contributed by atoms with E-state index in [0.717, 1.165) is 6.42 Å². The van der Waals surface area contributed by atoms with Gasteiger partial charge < -0.3 is 9.84 Å². The van der Waals surface area contributed by atoms with Gasteiger partial charge in [0.05, 0.1) is 18.0 Å². The third-order valence-electron chi connectivity index (χ3n) is 6.75. The Morgan fingerprint density at radius 3 is 2.46 bits per heavy atom. The number of nitrogens with zero attached hydrogens (tertiary/aromatic N) is 3. The Kier molecular flexibility index (Phi) is 8.15. The van der Waals surface area contributed by atoms with Crippen molar-refractivity contribution in [1.29, 1.82) is 0 Å². The number of hydrogen-bond donors (Lipinski definition) is 1. The summed E-state index contributed by atoms with van der Waals surface area (Å²) in [4.78, 5) is 20.7. The lowest BCUT2D eigenvalue weighted by atomic mass is 10.0. The third-order valence-corrected chi connectivity index (χ3v) is 8.53. The van der Waals surface area contributed by atoms with Gasteiger partial charge in [-0.1, -0.05) is 43.7 Å². The third kappa shape index (κ3) is 5.29. The average Bonchev–Trinajstić information content (AvgIpc) is 2.92. The summed E-state index contributed by atoms with van der Waals surface area (Å²) in [7, 11) is -2.96. The van der Waals surface area contributed by atoms with Gasteiger partial charge in [-0.15, -0.1) is 0 Å². The molecule has 0 saturated heterocycles. The molecule has 2 aromatic heterocycles. The molecule has 0 aliphatic carbocycles. The number of ether oxygens (including phenoxy) is 1. The van der Waals surface area contributed by atoms with Crippen molar-refractivity contribution in [3.8, 4) is 22.8 Å². The standard InChI is InChI=1S/C29H30FN3O5S/c1-5-6-11-25-32-28(34)26(29(35)33(25)19(3)23-9-7-8-10-24(23)38-4)39(36,37)21-14-12-20(13-15-21)22-16-17-31-27(30)18(22)2/h7-10,12-17,19,34H,5-6,11H2,1-4H3/t19-/m0/s1. The highest BCUT2D eigenvalue weighted by atomic mass is 32.2. The maximum absolute atomic E-state index is 13.9. The summed E-state index contributed by atoms with van der Waals surface area (Å²) in [6.45, 7) is 5.32. The minimum atomic E-state index is -4.47. The van der Waals surface area contributed by atoms with E-state index >= 15 is 0 Å². The van der Waals surface area contributed by atoms with Gasteiger partial charge in [-0.3, -0.25) is 9.36 Å². The maximum atomic E-state index is 13.9. The summed E-state index contributed by atoms with van der Waals surface area (Å²) < 4.78 is 48.1. The smallest absolute Gasteiger partial charge is 0.277 e. The fourth-order valence-electron chi connectivity index (χ4n) is 4.60. The highest BCUT2D eigenvalue weighted by Crippen LogP contribution is 2.32. The summed E-state index contributed by atoms with van der Waals surface area (Å²) in [6, 6.07) is 13.8. The van der Waals surface area contributed by atoms with Crippen molar-refractivity contribution >= 4 is 9.84 Å². The molecule has 2 aromatic carbocycles. The molecule has 0 unspecified atom stereocenters. The van der Waals surface area contributed by atoms with Crippen molar-refractivity contribution in [1.82, 2.24) is 14.5 Å². The maximum Gasteiger partial charge on any atom is 0.277 e. The molecular formula is C29H30FN3O5S. The number of halogens is 1. The van der Waals surface area contributed by atoms with Gasteiger partial charge in [-0.25, -0.2) is 13.4 Å². The summed E-state index contributed by atoms with van der Waals surface area (Å²) in [5, 5.41) is 10.8. The largest absolute Gasteiger partial charge is 0.496 e. The van der Waals surface area contributed by atoms with Crippen LogP contribution in [0.2, 0.25) is 0 Å². The van der Waals surface area contributed by atoms with Gasteiger partial charge in [0.2, 0.25) is 21.7 Å². The molecule has 0 aliphatic rings. The molecule has 0 bridgehead atoms. The number of aromatic hydroxyl groups is 1. The van der Waals surface area contributed by atoms with Crippen LogP contribution in [0.4, 0.5) is 4.39 Å². The fourth-order valence-corrected chi connectivity index (χ4v) is 5.94. The van der Waals surface area contributed by atoms with Crippen LogP contribution in [0.15, 0.2) is 75.4 Å². The van der Waals surface area contributed by atoms with E-state index in [4.69, 9.17) is 4.74 Å². The Morgan fingerprint density at radius 2 is 1.79 bits per heavy atom. The molecule has 1 atom stereocenters. The molecule has 0 amide bonds. The number of rotatable bonds is 9. The molecule has 8 nitrogen and oxygen atoms in total. The summed E-state index contributed by atoms with van der Waals surface area (Å²) in [5.74, 6) is -0.643. The van der Waals surface area contributed by atoms with E-state index in [-0.39, 0.29) is 10.7 Å². The van der Waals surface area contributed by atoms with Crippen molar-refractivity contribution < 1.29 is 22.7 Å². The molecule has 0 saturated carbocycles. The summed E-state index contributed by atoms with van der Waals surface area (Å²) in [5.41, 5.74) is 1.26. The molecule has 4 rings (SSSR count). The normalized spacial score (nSPS) is 12.3. The molecule has 2 heterocycles. The lowest BCUT2D eigenvalue weighted by Gasteiger charge is -2.22. The molecule has 0 spiro atoms. The Bertz CT molecular complexity index is 1670. The van der Waals surface area contributed by atoms with Gasteiger partial charge in [-0.05, 0) is 55.7 Å². The monoisotopic (exact) mass is 551 g/mol. The van der Waals surface area contributed by atoms with E-state index < -0.39 is 38.2 Å². The molecule has 39 heavy (non-hydrogen) atoms. The topological polar surface area (TPSA) is 111 Å². The van der Waals surface area contributed by atoms with E-state index in [9.17, 15) is 22.7 Å². The van der Waals surface area contributed by atoms with Crippen LogP contribution in [0, 0.1) is 12.9 Å². The SMILES string of the molecule is CCCCc1nc(O)c(S(=O)(=O)c2ccc(-c3ccnc(F)c3C)cc2)c(=O)n1[C@@H](C)c1ccccc1OC. The van der Waals surface area contributed by atoms with E-state index in [1.807, 2.05) is 6.92 Å². The van der Waals surface area contributed by atoms with Gasteiger partial charge in [0.1, 0.15) is 11.6 Å². The number of benzene rings is 2. The molecule has 4 aromatic rings. The van der Waals surface area contributed by atoms with Gasteiger partial charge in [0.25, 0.3) is 5.56 Å². The van der Waals surface area contributed by atoms with Crippen LogP contribution in [-0.2, 0) is 16.3 Å². The minimum Gasteiger partial charge on any atom is -0.496 e. The molecule has 0 fully saturated rings. The first kappa shape index (κ1) is 28.0. The number of aryl methyl sites for hydroxylation is 1. The van der Waals surface area contributed by atoms with Gasteiger partial charge in [0, 0.05) is 23.7 Å². The summed E-state index contributed by atoms with van der Waals surface area (Å²) in [6.07, 6.45) is 3.20. The fraction of sp³-hybridized carbons (Fsp3) is 0.276. The number of sulfone groups is 1. The number of hydrogen-bond acceptors (Lipinski definition) is 7. The number of unbranched alkanes of at least 4 members (excludes halogenated alkanes) is 1. The van der Waals surface area contributed by atoms with Crippen molar-refractivity contribution in [2.75, 3.05) is 7.11 Å². The second-order valence-corrected chi connectivity index (χ2v) is 11.1. The van der Waals surface area contributed by atoms with Crippen LogP contribution in [0.3, 0.4) is 0 Å². The number of aromatic nitrogens is 3. The van der Waals surface area contributed by atoms with Gasteiger partial charge >= 0.3 is 0 Å². The Labute approximate surface area is 226 Å². The van der Waals surface area contributed by atoms with E-state index in [1.165, 1.54) is 42.1 Å². The molecule has 1 N–H and O–H groups in total. The zero-order valence-corrected chi connectivity index (χ0v) is 23.0. The Balaban J connectivity index is 1.86. The molecule has 0 aliphatic heterocycles. The quantitative estimate of drug-likeness (QED) is 0.283. The predicted molar refractivity (Wildman–Crippen MR) is 145 cm³/mol. The van der Waals surface area contributed by atoms with Crippen LogP contribution in [0.25, 0.3) is 11.1 Å². The van der Waals surface area contributed by atoms with Crippen LogP contribution in [-0.4, -0.2) is 35.2 Å². The number of pyridine rings is 1. The van der Waals surface area contributed by atoms with Gasteiger partial charge in [0.15, 0.2) is 4.90 Å². The predicted octanol–water partition coefficient (Wildman–Crippen LogP) is 5.25.